The Labute approximate surface area is 156 Å². The lowest BCUT2D eigenvalue weighted by atomic mass is 9.83. The quantitative estimate of drug-likeness (QED) is 0.562. The van der Waals surface area contributed by atoms with E-state index in [9.17, 15) is 9.59 Å². The normalized spacial score (nSPS) is 13.5. The van der Waals surface area contributed by atoms with Crippen LogP contribution in [0.1, 0.15) is 71.4 Å². The van der Waals surface area contributed by atoms with Gasteiger partial charge < -0.3 is 0 Å². The molecule has 0 bridgehead atoms. The lowest BCUT2D eigenvalue weighted by molar-refractivity contribution is 0.0979. The van der Waals surface area contributed by atoms with Gasteiger partial charge in [-0.1, -0.05) is 51.0 Å². The third-order valence-corrected chi connectivity index (χ3v) is 5.54. The van der Waals surface area contributed by atoms with Crippen molar-refractivity contribution in [1.29, 1.82) is 0 Å². The fraction of sp³-hybridized carbons (Fsp3) is 0.391. The molecule has 2 aromatic carbocycles. The van der Waals surface area contributed by atoms with Gasteiger partial charge in [-0.3, -0.25) is 14.1 Å². The zero-order valence-corrected chi connectivity index (χ0v) is 16.0. The average Bonchev–Trinajstić information content (AvgIpc) is 2.68. The largest absolute Gasteiger partial charge is 0.294 e. The summed E-state index contributed by atoms with van der Waals surface area (Å²) in [4.78, 5) is 25.8. The van der Waals surface area contributed by atoms with Crippen molar-refractivity contribution in [2.45, 2.75) is 39.5 Å². The minimum Gasteiger partial charge on any atom is -0.294 e. The Kier molecular flexibility index (Phi) is 5.38. The molecule has 0 heterocycles. The zero-order chi connectivity index (χ0) is 18.7. The fourth-order valence-electron chi connectivity index (χ4n) is 3.81. The molecule has 0 amide bonds. The molecule has 2 aromatic rings. The van der Waals surface area contributed by atoms with Crippen LogP contribution in [0.2, 0.25) is 0 Å². The maximum Gasteiger partial charge on any atom is 0.194 e. The molecule has 0 aliphatic heterocycles. The molecular formula is C23H28NO2+. The molecule has 3 heteroatoms. The van der Waals surface area contributed by atoms with Crippen molar-refractivity contribution in [1.82, 2.24) is 4.48 Å². The summed E-state index contributed by atoms with van der Waals surface area (Å²) in [5, 5.41) is 0. The summed E-state index contributed by atoms with van der Waals surface area (Å²) >= 11 is 0. The van der Waals surface area contributed by atoms with E-state index in [0.29, 0.717) is 22.3 Å². The summed E-state index contributed by atoms with van der Waals surface area (Å²) < 4.78 is 0.818. The monoisotopic (exact) mass is 350 g/mol. The predicted molar refractivity (Wildman–Crippen MR) is 107 cm³/mol. The highest BCUT2D eigenvalue weighted by molar-refractivity contribution is 6.28. The summed E-state index contributed by atoms with van der Waals surface area (Å²) in [6.45, 7) is 6.51. The summed E-state index contributed by atoms with van der Waals surface area (Å²) in [6, 6.07) is 13.0. The van der Waals surface area contributed by atoms with Crippen LogP contribution in [-0.4, -0.2) is 31.7 Å². The summed E-state index contributed by atoms with van der Waals surface area (Å²) in [7, 11) is 2.25. The van der Waals surface area contributed by atoms with Gasteiger partial charge in [-0.2, -0.15) is 0 Å². The van der Waals surface area contributed by atoms with Crippen LogP contribution in [0.15, 0.2) is 42.5 Å². The molecular weight excluding hydrogens is 322 g/mol. The molecule has 1 aliphatic carbocycles. The topological polar surface area (TPSA) is 34.1 Å². The van der Waals surface area contributed by atoms with Crippen LogP contribution in [0, 0.1) is 0 Å². The van der Waals surface area contributed by atoms with E-state index in [-0.39, 0.29) is 11.6 Å². The molecule has 0 radical (unpaired) electrons. The predicted octanol–water partition coefficient (Wildman–Crippen LogP) is 5.00. The van der Waals surface area contributed by atoms with Crippen LogP contribution >= 0.6 is 0 Å². The number of quaternary nitrogens is 1. The first-order valence-electron chi connectivity index (χ1n) is 9.69. The Morgan fingerprint density at radius 3 is 1.77 bits per heavy atom. The molecule has 0 aromatic heterocycles. The third kappa shape index (κ3) is 3.24. The molecule has 1 aliphatic rings. The van der Waals surface area contributed by atoms with E-state index < -0.39 is 0 Å². The van der Waals surface area contributed by atoms with Gasteiger partial charge in [0, 0.05) is 28.3 Å². The van der Waals surface area contributed by atoms with E-state index >= 15 is 0 Å². The van der Waals surface area contributed by atoms with Crippen LogP contribution in [0.3, 0.4) is 0 Å². The molecule has 136 valence electrons. The van der Waals surface area contributed by atoms with Gasteiger partial charge in [-0.15, -0.1) is 0 Å². The zero-order valence-electron chi connectivity index (χ0n) is 16.0. The molecule has 26 heavy (non-hydrogen) atoms. The second-order valence-electron chi connectivity index (χ2n) is 7.48. The Morgan fingerprint density at radius 1 is 0.731 bits per heavy atom. The minimum absolute atomic E-state index is 0.0328. The number of benzene rings is 2. The molecule has 3 nitrogen and oxygen atoms in total. The molecule has 0 N–H and O–H groups in total. The Bertz CT molecular complexity index is 830. The highest BCUT2D eigenvalue weighted by Crippen LogP contribution is 2.32. The second kappa shape index (κ2) is 7.55. The van der Waals surface area contributed by atoms with Crippen molar-refractivity contribution in [3.63, 3.8) is 0 Å². The van der Waals surface area contributed by atoms with E-state index in [2.05, 4.69) is 20.9 Å². The van der Waals surface area contributed by atoms with E-state index in [1.807, 2.05) is 30.3 Å². The van der Waals surface area contributed by atoms with Crippen LogP contribution in [0.4, 0.5) is 5.69 Å². The molecule has 0 spiro atoms. The van der Waals surface area contributed by atoms with Crippen molar-refractivity contribution in [2.24, 2.45) is 0 Å². The lowest BCUT2D eigenvalue weighted by Gasteiger charge is -2.35. The van der Waals surface area contributed by atoms with Crippen molar-refractivity contribution in [2.75, 3.05) is 20.1 Å². The van der Waals surface area contributed by atoms with Gasteiger partial charge in [0.1, 0.15) is 5.69 Å². The minimum atomic E-state index is -0.0435. The van der Waals surface area contributed by atoms with Crippen molar-refractivity contribution < 1.29 is 9.59 Å². The van der Waals surface area contributed by atoms with Crippen LogP contribution < -0.4 is 4.48 Å². The van der Waals surface area contributed by atoms with Crippen molar-refractivity contribution in [3.8, 4) is 0 Å². The van der Waals surface area contributed by atoms with Gasteiger partial charge in [-0.05, 0) is 25.0 Å². The van der Waals surface area contributed by atoms with Crippen molar-refractivity contribution in [3.05, 3.63) is 64.7 Å². The van der Waals surface area contributed by atoms with Gasteiger partial charge in [0.05, 0.1) is 20.1 Å². The number of unbranched alkanes of at least 4 members (excludes halogenated alkanes) is 2. The van der Waals surface area contributed by atoms with Crippen LogP contribution in [0.5, 0.6) is 0 Å². The van der Waals surface area contributed by atoms with Gasteiger partial charge in [-0.25, -0.2) is 0 Å². The number of hydrogen-bond acceptors (Lipinski definition) is 2. The number of carbonyl (C=O) groups excluding carboxylic acids is 2. The maximum absolute atomic E-state index is 13.0. The third-order valence-electron chi connectivity index (χ3n) is 5.54. The van der Waals surface area contributed by atoms with Crippen molar-refractivity contribution >= 4 is 17.3 Å². The summed E-state index contributed by atoms with van der Waals surface area (Å²) in [6.07, 6.45) is 4.59. The first-order valence-corrected chi connectivity index (χ1v) is 9.69. The van der Waals surface area contributed by atoms with Crippen LogP contribution in [-0.2, 0) is 0 Å². The first-order chi connectivity index (χ1) is 12.5. The molecule has 3 rings (SSSR count). The van der Waals surface area contributed by atoms with Crippen LogP contribution in [0.25, 0.3) is 0 Å². The molecule has 0 saturated carbocycles. The van der Waals surface area contributed by atoms with E-state index in [0.717, 1.165) is 48.9 Å². The molecule has 0 atom stereocenters. The Morgan fingerprint density at radius 2 is 1.23 bits per heavy atom. The number of ketones is 2. The lowest BCUT2D eigenvalue weighted by Crippen LogP contribution is -2.46. The fourth-order valence-corrected chi connectivity index (χ4v) is 3.81. The Hall–Kier alpha value is -2.26. The Balaban J connectivity index is 2.04. The average molecular weight is 350 g/mol. The standard InChI is InChI=1S/C23H28NO2/c1-4-6-14-24(3,15-7-5-2)17-12-13-20-21(16-17)23(26)19-11-9-8-10-18(19)22(20)25/h8-13,16H,4-7,14-15H2,1-3H3/q+1. The highest BCUT2D eigenvalue weighted by atomic mass is 16.1. The van der Waals surface area contributed by atoms with Gasteiger partial charge in [0.15, 0.2) is 11.6 Å². The highest BCUT2D eigenvalue weighted by Gasteiger charge is 2.32. The second-order valence-corrected chi connectivity index (χ2v) is 7.48. The number of fused-ring (bicyclic) bond motifs is 2. The SMILES string of the molecule is CCCC[N+](C)(CCCC)c1ccc2c(c1)C(=O)c1ccccc1C2=O. The summed E-state index contributed by atoms with van der Waals surface area (Å²) in [5.74, 6) is -0.0762. The molecule has 0 fully saturated rings. The van der Waals surface area contributed by atoms with Gasteiger partial charge >= 0.3 is 0 Å². The van der Waals surface area contributed by atoms with E-state index in [1.165, 1.54) is 0 Å². The number of nitrogens with zero attached hydrogens (tertiary/aromatic N) is 1. The number of rotatable bonds is 7. The molecule has 0 saturated heterocycles. The first kappa shape index (κ1) is 18.5. The van der Waals surface area contributed by atoms with Gasteiger partial charge in [0.25, 0.3) is 0 Å². The smallest absolute Gasteiger partial charge is 0.194 e. The van der Waals surface area contributed by atoms with Gasteiger partial charge in [0.2, 0.25) is 0 Å². The maximum atomic E-state index is 13.0. The van der Waals surface area contributed by atoms with E-state index in [4.69, 9.17) is 0 Å². The molecule has 0 unspecified atom stereocenters. The van der Waals surface area contributed by atoms with E-state index in [1.54, 1.807) is 12.1 Å². The number of hydrogen-bond donors (Lipinski definition) is 0. The number of carbonyl (C=O) groups is 2. The summed E-state index contributed by atoms with van der Waals surface area (Å²) in [5.41, 5.74) is 3.27.